The highest BCUT2D eigenvalue weighted by Gasteiger charge is 2.32. The number of nitrogens with zero attached hydrogens (tertiary/aromatic N) is 3. The Balaban J connectivity index is 2.15. The van der Waals surface area contributed by atoms with Crippen molar-refractivity contribution in [2.45, 2.75) is 25.7 Å². The summed E-state index contributed by atoms with van der Waals surface area (Å²) >= 11 is 0. The lowest BCUT2D eigenvalue weighted by Crippen LogP contribution is -2.37. The van der Waals surface area contributed by atoms with Crippen molar-refractivity contribution < 1.29 is 18.0 Å². The number of nitrogens with one attached hydrogen (secondary N) is 1. The van der Waals surface area contributed by atoms with Crippen LogP contribution >= 0.6 is 0 Å². The molecule has 0 aromatic carbocycles. The van der Waals surface area contributed by atoms with E-state index in [0.717, 1.165) is 6.20 Å². The Morgan fingerprint density at radius 2 is 2.04 bits per heavy atom. The summed E-state index contributed by atoms with van der Waals surface area (Å²) in [7, 11) is 0. The standard InChI is InChI=1S/C14H14F3N5O/c1-8(18)13(23)22-5-10-4-9(2-3-19-10)11-6-21-12(7-20-11)14(15,16)17/h2-4,6-8H,5,18H2,1H3,(H,22,23). The monoisotopic (exact) mass is 325 g/mol. The maximum Gasteiger partial charge on any atom is 0.434 e. The quantitative estimate of drug-likeness (QED) is 0.889. The predicted molar refractivity (Wildman–Crippen MR) is 75.8 cm³/mol. The number of pyridine rings is 1. The van der Waals surface area contributed by atoms with Crippen molar-refractivity contribution in [1.82, 2.24) is 20.3 Å². The van der Waals surface area contributed by atoms with Gasteiger partial charge >= 0.3 is 6.18 Å². The van der Waals surface area contributed by atoms with Crippen LogP contribution in [0.2, 0.25) is 0 Å². The smallest absolute Gasteiger partial charge is 0.349 e. The third kappa shape index (κ3) is 4.46. The Kier molecular flexibility index (Phi) is 4.89. The molecule has 1 amide bonds. The molecule has 23 heavy (non-hydrogen) atoms. The molecule has 122 valence electrons. The fraction of sp³-hybridized carbons (Fsp3) is 0.286. The van der Waals surface area contributed by atoms with E-state index < -0.39 is 17.9 Å². The average Bonchev–Trinajstić information content (AvgIpc) is 2.52. The van der Waals surface area contributed by atoms with Crippen molar-refractivity contribution in [2.24, 2.45) is 5.73 Å². The minimum Gasteiger partial charge on any atom is -0.349 e. The molecule has 0 aliphatic rings. The predicted octanol–water partition coefficient (Wildman–Crippen LogP) is 1.52. The summed E-state index contributed by atoms with van der Waals surface area (Å²) in [6.45, 7) is 1.71. The summed E-state index contributed by atoms with van der Waals surface area (Å²) < 4.78 is 37.4. The molecule has 2 rings (SSSR count). The third-order valence-corrected chi connectivity index (χ3v) is 2.91. The molecule has 1 unspecified atom stereocenters. The zero-order chi connectivity index (χ0) is 17.0. The molecule has 0 spiro atoms. The normalized spacial score (nSPS) is 12.7. The van der Waals surface area contributed by atoms with Crippen LogP contribution in [0, 0.1) is 0 Å². The topological polar surface area (TPSA) is 93.8 Å². The van der Waals surface area contributed by atoms with E-state index in [1.807, 2.05) is 0 Å². The van der Waals surface area contributed by atoms with E-state index >= 15 is 0 Å². The van der Waals surface area contributed by atoms with Gasteiger partial charge in [-0.1, -0.05) is 0 Å². The highest BCUT2D eigenvalue weighted by molar-refractivity contribution is 5.80. The second-order valence-electron chi connectivity index (χ2n) is 4.83. The number of aromatic nitrogens is 3. The van der Waals surface area contributed by atoms with Gasteiger partial charge in [-0.25, -0.2) is 4.98 Å². The Morgan fingerprint density at radius 1 is 1.30 bits per heavy atom. The number of alkyl halides is 3. The Hall–Kier alpha value is -2.55. The van der Waals surface area contributed by atoms with E-state index in [4.69, 9.17) is 5.73 Å². The number of hydrogen-bond acceptors (Lipinski definition) is 5. The Bertz CT molecular complexity index is 686. The summed E-state index contributed by atoms with van der Waals surface area (Å²) in [5, 5.41) is 2.59. The van der Waals surface area contributed by atoms with Gasteiger partial charge in [0.25, 0.3) is 0 Å². The van der Waals surface area contributed by atoms with Gasteiger partial charge in [-0.3, -0.25) is 14.8 Å². The van der Waals surface area contributed by atoms with Crippen molar-refractivity contribution in [3.8, 4) is 11.3 Å². The first-order valence-electron chi connectivity index (χ1n) is 6.65. The SMILES string of the molecule is CC(N)C(=O)NCc1cc(-c2cnc(C(F)(F)F)cn2)ccn1. The molecule has 0 saturated heterocycles. The number of halogens is 3. The molecule has 0 radical (unpaired) electrons. The molecule has 3 N–H and O–H groups in total. The third-order valence-electron chi connectivity index (χ3n) is 2.91. The molecule has 2 aromatic rings. The highest BCUT2D eigenvalue weighted by atomic mass is 19.4. The minimum atomic E-state index is -4.53. The molecule has 2 aromatic heterocycles. The first kappa shape index (κ1) is 16.8. The van der Waals surface area contributed by atoms with E-state index in [9.17, 15) is 18.0 Å². The summed E-state index contributed by atoms with van der Waals surface area (Å²) in [5.74, 6) is -0.327. The van der Waals surface area contributed by atoms with Gasteiger partial charge in [0.1, 0.15) is 0 Å². The lowest BCUT2D eigenvalue weighted by Gasteiger charge is -2.09. The second-order valence-corrected chi connectivity index (χ2v) is 4.83. The second kappa shape index (κ2) is 6.69. The molecule has 6 nitrogen and oxygen atoms in total. The van der Waals surface area contributed by atoms with Crippen LogP contribution in [-0.2, 0) is 17.5 Å². The zero-order valence-electron chi connectivity index (χ0n) is 12.1. The van der Waals surface area contributed by atoms with Crippen LogP contribution in [0.4, 0.5) is 13.2 Å². The minimum absolute atomic E-state index is 0.155. The maximum atomic E-state index is 12.5. The van der Waals surface area contributed by atoms with Gasteiger partial charge in [-0.2, -0.15) is 13.2 Å². The van der Waals surface area contributed by atoms with Crippen molar-refractivity contribution >= 4 is 5.91 Å². The molecule has 1 atom stereocenters. The van der Waals surface area contributed by atoms with Crippen molar-refractivity contribution in [1.29, 1.82) is 0 Å². The van der Waals surface area contributed by atoms with E-state index in [-0.39, 0.29) is 18.1 Å². The fourth-order valence-electron chi connectivity index (χ4n) is 1.70. The first-order valence-corrected chi connectivity index (χ1v) is 6.65. The van der Waals surface area contributed by atoms with Gasteiger partial charge in [0.05, 0.1) is 36.4 Å². The molecule has 0 bridgehead atoms. The van der Waals surface area contributed by atoms with E-state index in [2.05, 4.69) is 20.3 Å². The van der Waals surface area contributed by atoms with Crippen LogP contribution in [0.15, 0.2) is 30.7 Å². The summed E-state index contributed by atoms with van der Waals surface area (Å²) in [5.41, 5.74) is 5.72. The van der Waals surface area contributed by atoms with Crippen LogP contribution in [-0.4, -0.2) is 26.9 Å². The molecule has 9 heteroatoms. The van der Waals surface area contributed by atoms with Crippen LogP contribution in [0.5, 0.6) is 0 Å². The average molecular weight is 325 g/mol. The number of nitrogens with two attached hydrogens (primary N) is 1. The number of carbonyl (C=O) groups is 1. The molecular weight excluding hydrogens is 311 g/mol. The van der Waals surface area contributed by atoms with Crippen LogP contribution in [0.1, 0.15) is 18.3 Å². The van der Waals surface area contributed by atoms with Gasteiger partial charge in [0.15, 0.2) is 5.69 Å². The molecule has 0 fully saturated rings. The van der Waals surface area contributed by atoms with Crippen molar-refractivity contribution in [3.05, 3.63) is 42.1 Å². The van der Waals surface area contributed by atoms with Crippen LogP contribution in [0.3, 0.4) is 0 Å². The summed E-state index contributed by atoms with van der Waals surface area (Å²) in [6, 6.07) is 2.56. The summed E-state index contributed by atoms with van der Waals surface area (Å²) in [6.07, 6.45) is -1.34. The Labute approximate surface area is 130 Å². The lowest BCUT2D eigenvalue weighted by molar-refractivity contribution is -0.141. The molecule has 0 aliphatic carbocycles. The molecule has 0 saturated carbocycles. The summed E-state index contributed by atoms with van der Waals surface area (Å²) in [4.78, 5) is 22.6. The highest BCUT2D eigenvalue weighted by Crippen LogP contribution is 2.27. The van der Waals surface area contributed by atoms with E-state index in [1.165, 1.54) is 6.20 Å². The number of hydrogen-bond donors (Lipinski definition) is 2. The first-order chi connectivity index (χ1) is 10.8. The van der Waals surface area contributed by atoms with Gasteiger partial charge in [-0.05, 0) is 19.1 Å². The maximum absolute atomic E-state index is 12.5. The number of amides is 1. The van der Waals surface area contributed by atoms with Gasteiger partial charge in [-0.15, -0.1) is 0 Å². The number of carbonyl (C=O) groups excluding carboxylic acids is 1. The van der Waals surface area contributed by atoms with Crippen molar-refractivity contribution in [3.63, 3.8) is 0 Å². The van der Waals surface area contributed by atoms with E-state index in [0.29, 0.717) is 17.5 Å². The number of rotatable bonds is 4. The van der Waals surface area contributed by atoms with Crippen LogP contribution in [0.25, 0.3) is 11.3 Å². The van der Waals surface area contributed by atoms with Crippen LogP contribution < -0.4 is 11.1 Å². The largest absolute Gasteiger partial charge is 0.434 e. The van der Waals surface area contributed by atoms with Gasteiger partial charge < -0.3 is 11.1 Å². The van der Waals surface area contributed by atoms with Gasteiger partial charge in [0, 0.05) is 11.8 Å². The molecular formula is C14H14F3N5O. The van der Waals surface area contributed by atoms with Crippen molar-refractivity contribution in [2.75, 3.05) is 0 Å². The van der Waals surface area contributed by atoms with Gasteiger partial charge in [0.2, 0.25) is 5.91 Å². The zero-order valence-corrected chi connectivity index (χ0v) is 12.1. The fourth-order valence-corrected chi connectivity index (χ4v) is 1.70. The Morgan fingerprint density at radius 3 is 2.61 bits per heavy atom. The molecule has 2 heterocycles. The molecule has 0 aliphatic heterocycles. The lowest BCUT2D eigenvalue weighted by atomic mass is 10.1. The van der Waals surface area contributed by atoms with E-state index in [1.54, 1.807) is 19.1 Å².